The quantitative estimate of drug-likeness (QED) is 0.487. The number of ketones is 1. The molecule has 5 unspecified atom stereocenters. The highest BCUT2D eigenvalue weighted by molar-refractivity contribution is 6.21. The Morgan fingerprint density at radius 2 is 1.78 bits per heavy atom. The minimum absolute atomic E-state index is 0.0291. The summed E-state index contributed by atoms with van der Waals surface area (Å²) in [5.74, 6) is 1.70. The standard InChI is InChI=1S/C29H32ClNO6/c1-16-12-23-20(15-21(16)30)27(32)25-26(18-6-5-7-19(14-18)34-2)31(29(33)28(25)37-23)11-10-17-8-9-22(35-3)24(13-17)36-4/h5-9,13-14,16,20-21,23,26H,10-12,15H2,1-4H3. The van der Waals surface area contributed by atoms with E-state index in [1.54, 1.807) is 26.2 Å². The maximum atomic E-state index is 13.9. The van der Waals surface area contributed by atoms with Gasteiger partial charge in [-0.3, -0.25) is 9.59 Å². The minimum atomic E-state index is -0.556. The summed E-state index contributed by atoms with van der Waals surface area (Å²) in [6.07, 6.45) is 1.45. The zero-order valence-electron chi connectivity index (χ0n) is 21.5. The number of carbonyl (C=O) groups excluding carboxylic acids is 2. The van der Waals surface area contributed by atoms with E-state index in [2.05, 4.69) is 6.92 Å². The van der Waals surface area contributed by atoms with E-state index in [1.807, 2.05) is 42.5 Å². The number of carbonyl (C=O) groups is 2. The van der Waals surface area contributed by atoms with Crippen molar-refractivity contribution in [1.29, 1.82) is 0 Å². The molecule has 0 N–H and O–H groups in total. The van der Waals surface area contributed by atoms with Gasteiger partial charge in [-0.2, -0.15) is 0 Å². The lowest BCUT2D eigenvalue weighted by Crippen LogP contribution is -2.44. The normalized spacial score (nSPS) is 26.9. The zero-order chi connectivity index (χ0) is 26.3. The Morgan fingerprint density at radius 1 is 1.00 bits per heavy atom. The molecule has 0 radical (unpaired) electrons. The summed E-state index contributed by atoms with van der Waals surface area (Å²) in [7, 11) is 4.79. The van der Waals surface area contributed by atoms with Crippen LogP contribution in [-0.2, 0) is 20.7 Å². The van der Waals surface area contributed by atoms with Crippen LogP contribution in [0, 0.1) is 11.8 Å². The number of hydrogen-bond donors (Lipinski definition) is 0. The van der Waals surface area contributed by atoms with Crippen LogP contribution >= 0.6 is 11.6 Å². The van der Waals surface area contributed by atoms with E-state index in [9.17, 15) is 9.59 Å². The van der Waals surface area contributed by atoms with Crippen LogP contribution in [0.2, 0.25) is 0 Å². The molecule has 2 aromatic carbocycles. The van der Waals surface area contributed by atoms with Crippen molar-refractivity contribution >= 4 is 23.3 Å². The lowest BCUT2D eigenvalue weighted by atomic mass is 9.74. The molecule has 37 heavy (non-hydrogen) atoms. The summed E-state index contributed by atoms with van der Waals surface area (Å²) in [6, 6.07) is 12.7. The predicted molar refractivity (Wildman–Crippen MR) is 139 cm³/mol. The molecule has 5 atom stereocenters. The van der Waals surface area contributed by atoms with Gasteiger partial charge in [0.05, 0.1) is 38.9 Å². The molecule has 3 aliphatic rings. The number of ether oxygens (including phenoxy) is 4. The van der Waals surface area contributed by atoms with Crippen molar-refractivity contribution in [3.8, 4) is 17.2 Å². The monoisotopic (exact) mass is 525 g/mol. The van der Waals surface area contributed by atoms with E-state index < -0.39 is 6.04 Å². The first kappa shape index (κ1) is 25.5. The van der Waals surface area contributed by atoms with Crippen LogP contribution in [0.15, 0.2) is 53.8 Å². The van der Waals surface area contributed by atoms with E-state index in [0.717, 1.165) is 11.1 Å². The second-order valence-corrected chi connectivity index (χ2v) is 10.5. The summed E-state index contributed by atoms with van der Waals surface area (Å²) < 4.78 is 22.6. The minimum Gasteiger partial charge on any atom is -0.497 e. The molecule has 2 aromatic rings. The number of fused-ring (bicyclic) bond motifs is 1. The number of nitrogens with zero attached hydrogens (tertiary/aromatic N) is 1. The number of hydrogen-bond acceptors (Lipinski definition) is 6. The average Bonchev–Trinajstić information content (AvgIpc) is 3.20. The van der Waals surface area contributed by atoms with Gasteiger partial charge in [0.2, 0.25) is 0 Å². The van der Waals surface area contributed by atoms with Gasteiger partial charge in [-0.15, -0.1) is 11.6 Å². The van der Waals surface area contributed by atoms with Crippen molar-refractivity contribution in [2.24, 2.45) is 11.8 Å². The molecule has 2 aliphatic heterocycles. The Morgan fingerprint density at radius 3 is 2.51 bits per heavy atom. The highest BCUT2D eigenvalue weighted by atomic mass is 35.5. The summed E-state index contributed by atoms with van der Waals surface area (Å²) in [4.78, 5) is 29.4. The molecule has 1 amide bonds. The maximum absolute atomic E-state index is 13.9. The fourth-order valence-electron chi connectivity index (χ4n) is 5.74. The maximum Gasteiger partial charge on any atom is 0.290 e. The molecule has 8 heteroatoms. The van der Waals surface area contributed by atoms with Gasteiger partial charge < -0.3 is 23.8 Å². The van der Waals surface area contributed by atoms with Crippen LogP contribution in [0.5, 0.6) is 17.2 Å². The summed E-state index contributed by atoms with van der Waals surface area (Å²) in [6.45, 7) is 2.46. The predicted octanol–water partition coefficient (Wildman–Crippen LogP) is 4.71. The second-order valence-electron chi connectivity index (χ2n) is 9.95. The molecule has 0 saturated heterocycles. The molecule has 2 heterocycles. The number of rotatable bonds is 7. The van der Waals surface area contributed by atoms with Crippen LogP contribution < -0.4 is 14.2 Å². The third-order valence-electron chi connectivity index (χ3n) is 7.80. The molecule has 0 spiro atoms. The number of halogens is 1. The van der Waals surface area contributed by atoms with E-state index in [-0.39, 0.29) is 40.8 Å². The van der Waals surface area contributed by atoms with Crippen molar-refractivity contribution in [1.82, 2.24) is 4.90 Å². The topological polar surface area (TPSA) is 74.3 Å². The van der Waals surface area contributed by atoms with Crippen LogP contribution in [-0.4, -0.2) is 55.9 Å². The number of alkyl halides is 1. The third-order valence-corrected chi connectivity index (χ3v) is 8.41. The smallest absolute Gasteiger partial charge is 0.290 e. The zero-order valence-corrected chi connectivity index (χ0v) is 22.3. The Labute approximate surface area is 222 Å². The largest absolute Gasteiger partial charge is 0.497 e. The third kappa shape index (κ3) is 4.54. The van der Waals surface area contributed by atoms with Crippen molar-refractivity contribution in [3.63, 3.8) is 0 Å². The van der Waals surface area contributed by atoms with Crippen LogP contribution in [0.4, 0.5) is 0 Å². The SMILES string of the molecule is COc1cccc(C2C3=C(OC4CC(C)C(Cl)CC4C3=O)C(=O)N2CCc2ccc(OC)c(OC)c2)c1. The van der Waals surface area contributed by atoms with Crippen molar-refractivity contribution in [2.45, 2.75) is 43.7 Å². The van der Waals surface area contributed by atoms with Gasteiger partial charge in [-0.05, 0) is 60.6 Å². The molecule has 5 rings (SSSR count). The summed E-state index contributed by atoms with van der Waals surface area (Å²) in [5.41, 5.74) is 2.23. The molecule has 0 aromatic heterocycles. The van der Waals surface area contributed by atoms with Gasteiger partial charge in [-0.25, -0.2) is 0 Å². The number of amides is 1. The lowest BCUT2D eigenvalue weighted by Gasteiger charge is -2.40. The molecule has 1 aliphatic carbocycles. The Bertz CT molecular complexity index is 1240. The van der Waals surface area contributed by atoms with Gasteiger partial charge in [-0.1, -0.05) is 25.1 Å². The Kier molecular flexibility index (Phi) is 7.08. The fourth-order valence-corrected chi connectivity index (χ4v) is 6.04. The first-order valence-electron chi connectivity index (χ1n) is 12.6. The fraction of sp³-hybridized carbons (Fsp3) is 0.448. The highest BCUT2D eigenvalue weighted by Gasteiger charge is 2.53. The van der Waals surface area contributed by atoms with Crippen LogP contribution in [0.3, 0.4) is 0 Å². The Hall–Kier alpha value is -3.19. The highest BCUT2D eigenvalue weighted by Crippen LogP contribution is 2.48. The van der Waals surface area contributed by atoms with Gasteiger partial charge in [0.1, 0.15) is 11.9 Å². The van der Waals surface area contributed by atoms with Gasteiger partial charge in [0, 0.05) is 11.9 Å². The van der Waals surface area contributed by atoms with Crippen molar-refractivity contribution < 1.29 is 28.5 Å². The molecular formula is C29H32ClNO6. The van der Waals surface area contributed by atoms with E-state index in [4.69, 9.17) is 30.5 Å². The van der Waals surface area contributed by atoms with Gasteiger partial charge in [0.25, 0.3) is 5.91 Å². The van der Waals surface area contributed by atoms with Gasteiger partial charge >= 0.3 is 0 Å². The molecular weight excluding hydrogens is 494 g/mol. The van der Waals surface area contributed by atoms with Crippen molar-refractivity contribution in [3.05, 3.63) is 64.9 Å². The number of benzene rings is 2. The molecule has 0 bridgehead atoms. The van der Waals surface area contributed by atoms with Crippen LogP contribution in [0.1, 0.15) is 36.9 Å². The van der Waals surface area contributed by atoms with E-state index in [0.29, 0.717) is 48.6 Å². The molecule has 1 saturated carbocycles. The first-order valence-corrected chi connectivity index (χ1v) is 13.0. The molecule has 1 fully saturated rings. The lowest BCUT2D eigenvalue weighted by molar-refractivity contribution is -0.136. The second kappa shape index (κ2) is 10.3. The molecule has 7 nitrogen and oxygen atoms in total. The summed E-state index contributed by atoms with van der Waals surface area (Å²) >= 11 is 6.57. The van der Waals surface area contributed by atoms with Crippen molar-refractivity contribution in [2.75, 3.05) is 27.9 Å². The first-order chi connectivity index (χ1) is 17.9. The average molecular weight is 526 g/mol. The van der Waals surface area contributed by atoms with E-state index in [1.165, 1.54) is 0 Å². The van der Waals surface area contributed by atoms with Gasteiger partial charge in [0.15, 0.2) is 23.0 Å². The molecule has 196 valence electrons. The van der Waals surface area contributed by atoms with E-state index >= 15 is 0 Å². The Balaban J connectivity index is 1.50. The number of Topliss-reactive ketones (excluding diaryl/α,β-unsaturated/α-hetero) is 1. The summed E-state index contributed by atoms with van der Waals surface area (Å²) in [5, 5.41) is -0.0931. The van der Waals surface area contributed by atoms with Crippen LogP contribution in [0.25, 0.3) is 0 Å². The number of methoxy groups -OCH3 is 3.